The first-order valence-electron chi connectivity index (χ1n) is 8.01. The Morgan fingerprint density at radius 3 is 1.79 bits per heavy atom. The molecule has 2 N–H and O–H groups in total. The molecule has 3 heteroatoms. The molecule has 0 bridgehead atoms. The number of hydrogen-bond donors (Lipinski definition) is 0. The van der Waals surface area contributed by atoms with Crippen LogP contribution in [0.5, 0.6) is 0 Å². The van der Waals surface area contributed by atoms with Gasteiger partial charge in [0, 0.05) is 37.7 Å². The topological polar surface area (TPSA) is 26.1 Å². The van der Waals surface area contributed by atoms with Crippen molar-refractivity contribution < 1.29 is 42.8 Å². The number of hydrogen-bond acceptors (Lipinski definition) is 1. The summed E-state index contributed by atoms with van der Waals surface area (Å²) in [4.78, 5) is 2.49. The Hall–Kier alpha value is 1.18. The molecular formula is C16H35HoNO. The van der Waals surface area contributed by atoms with Crippen molar-refractivity contribution in [3.05, 3.63) is 6.92 Å². The van der Waals surface area contributed by atoms with Crippen LogP contribution in [0.3, 0.4) is 0 Å². The third-order valence-corrected chi connectivity index (χ3v) is 3.48. The summed E-state index contributed by atoms with van der Waals surface area (Å²) in [5.74, 6) is 0. The van der Waals surface area contributed by atoms with Gasteiger partial charge in [0.05, 0.1) is 6.54 Å². The van der Waals surface area contributed by atoms with Gasteiger partial charge in [0.2, 0.25) is 0 Å². The van der Waals surface area contributed by atoms with Gasteiger partial charge in [0.15, 0.2) is 6.61 Å². The standard InChI is InChI=1S/C16H34NO.Ho/c1-3-5-7-9-11-13-17(15-16-18)14-12-10-8-6-4-2;/h18H,1,3-16H2,2H3;/q-1;/p+1. The Bertz CT molecular complexity index is 142. The monoisotopic (exact) mass is 422 g/mol. The smallest absolute Gasteiger partial charge is 0.156 e. The molecule has 0 aromatic rings. The Morgan fingerprint density at radius 2 is 1.32 bits per heavy atom. The maximum atomic E-state index is 7.38. The minimum absolute atomic E-state index is 0. The Kier molecular flexibility index (Phi) is 22.7. The maximum absolute atomic E-state index is 7.38. The van der Waals surface area contributed by atoms with Crippen LogP contribution in [0.1, 0.15) is 71.1 Å². The molecule has 0 amide bonds. The first kappa shape index (κ1) is 22.5. The summed E-state index contributed by atoms with van der Waals surface area (Å²) in [7, 11) is 0. The fraction of sp³-hybridized carbons (Fsp3) is 0.938. The second-order valence-corrected chi connectivity index (χ2v) is 5.27. The molecule has 121 valence electrons. The Morgan fingerprint density at radius 1 is 0.789 bits per heavy atom. The second-order valence-electron chi connectivity index (χ2n) is 5.27. The van der Waals surface area contributed by atoms with Gasteiger partial charge in [0.25, 0.3) is 0 Å². The van der Waals surface area contributed by atoms with Gasteiger partial charge in [-0.2, -0.15) is 6.42 Å². The molecule has 0 atom stereocenters. The van der Waals surface area contributed by atoms with E-state index in [0.717, 1.165) is 13.0 Å². The van der Waals surface area contributed by atoms with Crippen LogP contribution in [0.2, 0.25) is 0 Å². The molecule has 0 saturated heterocycles. The molecule has 19 heavy (non-hydrogen) atoms. The van der Waals surface area contributed by atoms with Crippen LogP contribution in [0, 0.1) is 44.7 Å². The molecule has 1 radical (unpaired) electrons. The molecule has 0 aromatic carbocycles. The maximum Gasteiger partial charge on any atom is 0.156 e. The largest absolute Gasteiger partial charge is 0.444 e. The van der Waals surface area contributed by atoms with Gasteiger partial charge in [-0.15, -0.1) is 0 Å². The van der Waals surface area contributed by atoms with Crippen LogP contribution in [-0.2, 0) is 0 Å². The van der Waals surface area contributed by atoms with Crippen molar-refractivity contribution in [1.29, 1.82) is 0 Å². The molecule has 0 spiro atoms. The summed E-state index contributed by atoms with van der Waals surface area (Å²) in [5.41, 5.74) is 0. The quantitative estimate of drug-likeness (QED) is 0.181. The number of nitrogens with zero attached hydrogens (tertiary/aromatic N) is 1. The van der Waals surface area contributed by atoms with E-state index in [-0.39, 0.29) is 37.7 Å². The van der Waals surface area contributed by atoms with E-state index in [4.69, 9.17) is 5.11 Å². The molecule has 0 aromatic heterocycles. The molecule has 0 heterocycles. The normalized spacial score (nSPS) is 10.7. The third-order valence-electron chi connectivity index (χ3n) is 3.48. The number of rotatable bonds is 14. The van der Waals surface area contributed by atoms with E-state index < -0.39 is 0 Å². The average molecular weight is 422 g/mol. The van der Waals surface area contributed by atoms with E-state index in [1.165, 1.54) is 70.9 Å². The van der Waals surface area contributed by atoms with Gasteiger partial charge in [-0.3, -0.25) is 4.90 Å². The molecule has 0 aliphatic rings. The van der Waals surface area contributed by atoms with Crippen LogP contribution in [-0.4, -0.2) is 36.2 Å². The van der Waals surface area contributed by atoms with E-state index in [9.17, 15) is 0 Å². The van der Waals surface area contributed by atoms with Crippen LogP contribution in [0.15, 0.2) is 0 Å². The predicted octanol–water partition coefficient (Wildman–Crippen LogP) is 3.77. The van der Waals surface area contributed by atoms with E-state index >= 15 is 0 Å². The molecule has 0 rings (SSSR count). The van der Waals surface area contributed by atoms with Gasteiger partial charge >= 0.3 is 0 Å². The molecule has 0 aliphatic carbocycles. The van der Waals surface area contributed by atoms with Gasteiger partial charge in [-0.25, -0.2) is 0 Å². The van der Waals surface area contributed by atoms with Crippen LogP contribution < -0.4 is 0 Å². The van der Waals surface area contributed by atoms with Crippen molar-refractivity contribution >= 4 is 0 Å². The molecule has 2 nitrogen and oxygen atoms in total. The average Bonchev–Trinajstić information content (AvgIpc) is 2.38. The van der Waals surface area contributed by atoms with Crippen molar-refractivity contribution in [1.82, 2.24) is 4.90 Å². The molecular weight excluding hydrogens is 387 g/mol. The fourth-order valence-electron chi connectivity index (χ4n) is 2.30. The zero-order valence-electron chi connectivity index (χ0n) is 12.9. The zero-order valence-corrected chi connectivity index (χ0v) is 14.8. The van der Waals surface area contributed by atoms with Gasteiger partial charge < -0.3 is 12.0 Å². The van der Waals surface area contributed by atoms with Crippen molar-refractivity contribution in [2.24, 2.45) is 0 Å². The SMILES string of the molecule is [CH2-]CCCCCCN(CC[OH2+])CCCCCCC.[Ho]. The molecule has 0 aliphatic heterocycles. The van der Waals surface area contributed by atoms with E-state index in [0.29, 0.717) is 6.61 Å². The van der Waals surface area contributed by atoms with E-state index in [2.05, 4.69) is 18.7 Å². The fourth-order valence-corrected chi connectivity index (χ4v) is 2.30. The van der Waals surface area contributed by atoms with Gasteiger partial charge in [-0.1, -0.05) is 51.9 Å². The zero-order chi connectivity index (χ0) is 13.5. The van der Waals surface area contributed by atoms with E-state index in [1.54, 1.807) is 0 Å². The van der Waals surface area contributed by atoms with Crippen molar-refractivity contribution in [3.63, 3.8) is 0 Å². The van der Waals surface area contributed by atoms with Gasteiger partial charge in [-0.05, 0) is 25.9 Å². The Labute approximate surface area is 151 Å². The van der Waals surface area contributed by atoms with Crippen LogP contribution in [0.25, 0.3) is 0 Å². The summed E-state index contributed by atoms with van der Waals surface area (Å²) < 4.78 is 0. The summed E-state index contributed by atoms with van der Waals surface area (Å²) in [6, 6.07) is 0. The molecule has 0 saturated carbocycles. The van der Waals surface area contributed by atoms with Crippen molar-refractivity contribution in [3.8, 4) is 0 Å². The van der Waals surface area contributed by atoms with Gasteiger partial charge in [0.1, 0.15) is 0 Å². The molecule has 0 unspecified atom stereocenters. The summed E-state index contributed by atoms with van der Waals surface area (Å²) in [6.07, 6.45) is 13.1. The van der Waals surface area contributed by atoms with Crippen LogP contribution >= 0.6 is 0 Å². The predicted molar refractivity (Wildman–Crippen MR) is 82.1 cm³/mol. The summed E-state index contributed by atoms with van der Waals surface area (Å²) in [6.45, 7) is 10.1. The first-order chi connectivity index (χ1) is 8.85. The summed E-state index contributed by atoms with van der Waals surface area (Å²) in [5, 5.41) is 7.38. The second kappa shape index (κ2) is 19.2. The van der Waals surface area contributed by atoms with Crippen molar-refractivity contribution in [2.45, 2.75) is 71.1 Å². The molecule has 0 fully saturated rings. The van der Waals surface area contributed by atoms with Crippen LogP contribution in [0.4, 0.5) is 0 Å². The van der Waals surface area contributed by atoms with Crippen molar-refractivity contribution in [2.75, 3.05) is 26.2 Å². The number of unbranched alkanes of at least 4 members (excludes halogenated alkanes) is 8. The Balaban J connectivity index is 0. The first-order valence-corrected chi connectivity index (χ1v) is 8.01. The minimum atomic E-state index is 0. The minimum Gasteiger partial charge on any atom is -0.444 e. The van der Waals surface area contributed by atoms with E-state index in [1.807, 2.05) is 0 Å². The summed E-state index contributed by atoms with van der Waals surface area (Å²) >= 11 is 0. The third kappa shape index (κ3) is 17.1.